The molecule has 1 aromatic heterocycles. The summed E-state index contributed by atoms with van der Waals surface area (Å²) in [5, 5.41) is 13.4. The van der Waals surface area contributed by atoms with Crippen LogP contribution in [-0.4, -0.2) is 21.5 Å². The first-order chi connectivity index (χ1) is 11.3. The van der Waals surface area contributed by atoms with E-state index in [2.05, 4.69) is 33.9 Å². The summed E-state index contributed by atoms with van der Waals surface area (Å²) < 4.78 is 7.02. The third kappa shape index (κ3) is 3.85. The van der Waals surface area contributed by atoms with E-state index in [1.807, 2.05) is 37.4 Å². The molecule has 0 spiro atoms. The molecule has 5 nitrogen and oxygen atoms in total. The van der Waals surface area contributed by atoms with Gasteiger partial charge in [-0.15, -0.1) is 0 Å². The molecule has 0 saturated carbocycles. The van der Waals surface area contributed by atoms with Crippen molar-refractivity contribution in [2.24, 2.45) is 0 Å². The number of nitrogens with zero attached hydrogens (tertiary/aromatic N) is 2. The van der Waals surface area contributed by atoms with Gasteiger partial charge in [-0.3, -0.25) is 0 Å². The summed E-state index contributed by atoms with van der Waals surface area (Å²) in [6, 6.07) is 14.3. The largest absolute Gasteiger partial charge is 0.360 e. The van der Waals surface area contributed by atoms with Gasteiger partial charge in [-0.2, -0.15) is 5.10 Å². The summed E-state index contributed by atoms with van der Waals surface area (Å²) in [6.07, 6.45) is 3.57. The second kappa shape index (κ2) is 7.21. The smallest absolute Gasteiger partial charge is 0.175 e. The van der Waals surface area contributed by atoms with Crippen LogP contribution in [-0.2, 0) is 11.5 Å². The summed E-state index contributed by atoms with van der Waals surface area (Å²) in [5.74, 6) is 0. The van der Waals surface area contributed by atoms with E-state index in [0.717, 1.165) is 16.8 Å². The Morgan fingerprint density at radius 1 is 1.17 bits per heavy atom. The quantitative estimate of drug-likeness (QED) is 0.698. The highest BCUT2D eigenvalue weighted by atomic mass is 32.1. The molecule has 0 atom stereocenters. The van der Waals surface area contributed by atoms with Gasteiger partial charge >= 0.3 is 0 Å². The number of aromatic nitrogens is 2. The van der Waals surface area contributed by atoms with Gasteiger partial charge in [0, 0.05) is 17.7 Å². The second-order valence-electron chi connectivity index (χ2n) is 5.00. The molecule has 0 bridgehead atoms. The molecule has 0 aliphatic rings. The summed E-state index contributed by atoms with van der Waals surface area (Å²) in [6.45, 7) is 3.04. The van der Waals surface area contributed by atoms with Crippen LogP contribution in [0.25, 0.3) is 10.8 Å². The van der Waals surface area contributed by atoms with Crippen LogP contribution < -0.4 is 10.6 Å². The van der Waals surface area contributed by atoms with Crippen molar-refractivity contribution in [1.82, 2.24) is 9.78 Å². The summed E-state index contributed by atoms with van der Waals surface area (Å²) in [5.41, 5.74) is 1.80. The van der Waals surface area contributed by atoms with Crippen LogP contribution in [0, 0.1) is 0 Å². The first kappa shape index (κ1) is 15.5. The van der Waals surface area contributed by atoms with Crippen LogP contribution in [0.15, 0.2) is 54.9 Å². The highest BCUT2D eigenvalue weighted by Crippen LogP contribution is 2.23. The van der Waals surface area contributed by atoms with Gasteiger partial charge in [0.25, 0.3) is 0 Å². The van der Waals surface area contributed by atoms with E-state index in [-0.39, 0.29) is 0 Å². The zero-order valence-electron chi connectivity index (χ0n) is 12.8. The summed E-state index contributed by atoms with van der Waals surface area (Å²) in [7, 11) is 0. The average Bonchev–Trinajstić information content (AvgIpc) is 3.00. The number of rotatable bonds is 5. The van der Waals surface area contributed by atoms with E-state index in [9.17, 15) is 0 Å². The van der Waals surface area contributed by atoms with Crippen molar-refractivity contribution < 1.29 is 4.74 Å². The van der Waals surface area contributed by atoms with Crippen molar-refractivity contribution in [2.75, 3.05) is 17.2 Å². The van der Waals surface area contributed by atoms with Gasteiger partial charge in [0.1, 0.15) is 6.73 Å². The average molecular weight is 326 g/mol. The number of hydrogen-bond donors (Lipinski definition) is 2. The zero-order valence-corrected chi connectivity index (χ0v) is 13.6. The molecule has 2 N–H and O–H groups in total. The fourth-order valence-corrected chi connectivity index (χ4v) is 2.53. The van der Waals surface area contributed by atoms with Gasteiger partial charge in [0.05, 0.1) is 18.1 Å². The molecule has 23 heavy (non-hydrogen) atoms. The fourth-order valence-electron chi connectivity index (χ4n) is 2.30. The fraction of sp³-hybridized carbons (Fsp3) is 0.176. The Kier molecular flexibility index (Phi) is 4.85. The Bertz CT molecular complexity index is 810. The minimum Gasteiger partial charge on any atom is -0.360 e. The number of thiocarbonyl (C=S) groups is 1. The van der Waals surface area contributed by atoms with Crippen molar-refractivity contribution in [3.63, 3.8) is 0 Å². The first-order valence-electron chi connectivity index (χ1n) is 7.42. The van der Waals surface area contributed by atoms with Crippen molar-refractivity contribution in [3.8, 4) is 0 Å². The van der Waals surface area contributed by atoms with Gasteiger partial charge in [-0.1, -0.05) is 36.4 Å². The molecule has 6 heteroatoms. The van der Waals surface area contributed by atoms with Gasteiger partial charge in [0.2, 0.25) is 0 Å². The topological polar surface area (TPSA) is 51.1 Å². The highest BCUT2D eigenvalue weighted by molar-refractivity contribution is 7.80. The van der Waals surface area contributed by atoms with E-state index in [1.54, 1.807) is 10.9 Å². The number of nitrogens with one attached hydrogen (secondary N) is 2. The lowest BCUT2D eigenvalue weighted by Gasteiger charge is -2.11. The number of benzene rings is 2. The molecular weight excluding hydrogens is 308 g/mol. The van der Waals surface area contributed by atoms with E-state index in [0.29, 0.717) is 18.5 Å². The predicted octanol–water partition coefficient (Wildman–Crippen LogP) is 3.84. The summed E-state index contributed by atoms with van der Waals surface area (Å²) in [4.78, 5) is 0. The number of anilines is 2. The van der Waals surface area contributed by atoms with Crippen molar-refractivity contribution in [2.45, 2.75) is 13.7 Å². The molecule has 1 heterocycles. The predicted molar refractivity (Wildman–Crippen MR) is 97.6 cm³/mol. The lowest BCUT2D eigenvalue weighted by Crippen LogP contribution is -2.18. The minimum absolute atomic E-state index is 0.432. The van der Waals surface area contributed by atoms with Crippen LogP contribution in [0.1, 0.15) is 6.92 Å². The van der Waals surface area contributed by atoms with Gasteiger partial charge < -0.3 is 15.4 Å². The van der Waals surface area contributed by atoms with Crippen molar-refractivity contribution in [3.05, 3.63) is 54.9 Å². The number of ether oxygens (including phenoxy) is 1. The minimum atomic E-state index is 0.432. The zero-order chi connectivity index (χ0) is 16.1. The molecule has 3 aromatic rings. The highest BCUT2D eigenvalue weighted by Gasteiger charge is 2.04. The third-order valence-corrected chi connectivity index (χ3v) is 3.56. The Hall–Kier alpha value is -2.44. The normalized spacial score (nSPS) is 10.7. The van der Waals surface area contributed by atoms with Crippen LogP contribution in [0.4, 0.5) is 11.4 Å². The van der Waals surface area contributed by atoms with Gasteiger partial charge in [-0.05, 0) is 30.6 Å². The van der Waals surface area contributed by atoms with Crippen LogP contribution in [0.2, 0.25) is 0 Å². The Morgan fingerprint density at radius 3 is 2.87 bits per heavy atom. The molecule has 0 aliphatic heterocycles. The van der Waals surface area contributed by atoms with E-state index in [4.69, 9.17) is 17.0 Å². The molecule has 118 valence electrons. The molecule has 0 saturated heterocycles. The lowest BCUT2D eigenvalue weighted by molar-refractivity contribution is 0.0792. The van der Waals surface area contributed by atoms with Gasteiger partial charge in [-0.25, -0.2) is 4.68 Å². The van der Waals surface area contributed by atoms with E-state index in [1.165, 1.54) is 5.39 Å². The molecule has 3 rings (SSSR count). The molecule has 0 radical (unpaired) electrons. The Morgan fingerprint density at radius 2 is 2.00 bits per heavy atom. The van der Waals surface area contributed by atoms with Crippen LogP contribution in [0.5, 0.6) is 0 Å². The molecule has 2 aromatic carbocycles. The standard InChI is InChI=1S/C17H18N4OS/c1-2-22-12-21-11-14(10-18-21)19-17(23)20-16-9-5-7-13-6-3-4-8-15(13)16/h3-11H,2,12H2,1H3,(H2,19,20,23). The molecule has 0 unspecified atom stereocenters. The van der Waals surface area contributed by atoms with E-state index < -0.39 is 0 Å². The first-order valence-corrected chi connectivity index (χ1v) is 7.83. The molecule has 0 amide bonds. The Balaban J connectivity index is 1.68. The molecule has 0 fully saturated rings. The SMILES string of the molecule is CCOCn1cc(NC(=S)Nc2cccc3ccccc23)cn1. The van der Waals surface area contributed by atoms with Gasteiger partial charge in [0.15, 0.2) is 5.11 Å². The monoisotopic (exact) mass is 326 g/mol. The van der Waals surface area contributed by atoms with Crippen LogP contribution >= 0.6 is 12.2 Å². The van der Waals surface area contributed by atoms with Crippen LogP contribution in [0.3, 0.4) is 0 Å². The number of hydrogen-bond acceptors (Lipinski definition) is 3. The molecular formula is C17H18N4OS. The van der Waals surface area contributed by atoms with Crippen molar-refractivity contribution >= 4 is 39.5 Å². The Labute approximate surface area is 140 Å². The number of fused-ring (bicyclic) bond motifs is 1. The second-order valence-corrected chi connectivity index (χ2v) is 5.40. The molecule has 0 aliphatic carbocycles. The maximum Gasteiger partial charge on any atom is 0.175 e. The van der Waals surface area contributed by atoms with Crippen molar-refractivity contribution in [1.29, 1.82) is 0 Å². The maximum atomic E-state index is 5.39. The van der Waals surface area contributed by atoms with E-state index >= 15 is 0 Å². The third-order valence-electron chi connectivity index (χ3n) is 3.36. The summed E-state index contributed by atoms with van der Waals surface area (Å²) >= 11 is 5.39. The maximum absolute atomic E-state index is 5.39. The lowest BCUT2D eigenvalue weighted by atomic mass is 10.1.